The molecule has 1 aliphatic heterocycles. The monoisotopic (exact) mass is 341 g/mol. The molecule has 1 aliphatic rings. The van der Waals surface area contributed by atoms with Crippen molar-refractivity contribution in [1.29, 1.82) is 0 Å². The van der Waals surface area contributed by atoms with Crippen molar-refractivity contribution in [3.05, 3.63) is 41.6 Å². The van der Waals surface area contributed by atoms with Gasteiger partial charge in [0.15, 0.2) is 0 Å². The van der Waals surface area contributed by atoms with E-state index in [4.69, 9.17) is 4.74 Å². The predicted octanol–water partition coefficient (Wildman–Crippen LogP) is 2.07. The molecule has 1 saturated heterocycles. The van der Waals surface area contributed by atoms with Crippen LogP contribution in [0.5, 0.6) is 0 Å². The first kappa shape index (κ1) is 17.2. The minimum absolute atomic E-state index is 0.381. The van der Waals surface area contributed by atoms with Gasteiger partial charge in [0, 0.05) is 37.9 Å². The molecule has 1 aromatic heterocycles. The Morgan fingerprint density at radius 1 is 1.16 bits per heavy atom. The summed E-state index contributed by atoms with van der Waals surface area (Å²) in [4.78, 5) is 25.6. The van der Waals surface area contributed by atoms with E-state index < -0.39 is 0 Å². The highest BCUT2D eigenvalue weighted by Gasteiger charge is 2.18. The molecular formula is C18H23N5O2. The topological polar surface area (TPSA) is 70.6 Å². The van der Waals surface area contributed by atoms with Crippen LogP contribution in [0.3, 0.4) is 0 Å². The van der Waals surface area contributed by atoms with Gasteiger partial charge in [0.05, 0.1) is 18.4 Å². The highest BCUT2D eigenvalue weighted by molar-refractivity contribution is 5.96. The lowest BCUT2D eigenvalue weighted by atomic mass is 10.2. The van der Waals surface area contributed by atoms with Crippen molar-refractivity contribution in [2.24, 2.45) is 0 Å². The van der Waals surface area contributed by atoms with E-state index >= 15 is 0 Å². The van der Waals surface area contributed by atoms with Crippen LogP contribution in [0, 0.1) is 6.92 Å². The Labute approximate surface area is 147 Å². The number of nitrogens with zero attached hydrogens (tertiary/aromatic N) is 4. The van der Waals surface area contributed by atoms with Gasteiger partial charge in [0.25, 0.3) is 0 Å². The number of nitrogens with one attached hydrogen (secondary N) is 1. The minimum atomic E-state index is -0.381. The Balaban J connectivity index is 1.85. The van der Waals surface area contributed by atoms with Gasteiger partial charge < -0.3 is 19.9 Å². The van der Waals surface area contributed by atoms with Crippen LogP contribution in [0.2, 0.25) is 0 Å². The number of anilines is 3. The second kappa shape index (κ2) is 7.48. The summed E-state index contributed by atoms with van der Waals surface area (Å²) in [5, 5.41) is 3.23. The summed E-state index contributed by atoms with van der Waals surface area (Å²) in [6.07, 6.45) is 0. The van der Waals surface area contributed by atoms with Crippen LogP contribution >= 0.6 is 0 Å². The number of methoxy groups -OCH3 is 1. The number of likely N-dealkylation sites (N-methyl/N-ethyl adjacent to an activating group) is 1. The number of para-hydroxylation sites is 1. The van der Waals surface area contributed by atoms with Crippen molar-refractivity contribution in [1.82, 2.24) is 14.9 Å². The Bertz CT molecular complexity index is 757. The van der Waals surface area contributed by atoms with E-state index in [0.29, 0.717) is 23.0 Å². The van der Waals surface area contributed by atoms with E-state index in [1.54, 1.807) is 12.1 Å². The number of esters is 1. The van der Waals surface area contributed by atoms with Gasteiger partial charge in [-0.05, 0) is 26.1 Å². The molecule has 3 rings (SSSR count). The highest BCUT2D eigenvalue weighted by Crippen LogP contribution is 2.22. The van der Waals surface area contributed by atoms with E-state index in [1.807, 2.05) is 25.1 Å². The molecule has 2 aromatic rings. The molecule has 25 heavy (non-hydrogen) atoms. The van der Waals surface area contributed by atoms with Gasteiger partial charge in [-0.1, -0.05) is 12.1 Å². The second-order valence-corrected chi connectivity index (χ2v) is 6.15. The van der Waals surface area contributed by atoms with Gasteiger partial charge in [-0.25, -0.2) is 9.78 Å². The number of ether oxygens (including phenoxy) is 1. The summed E-state index contributed by atoms with van der Waals surface area (Å²) < 4.78 is 4.84. The lowest BCUT2D eigenvalue weighted by Crippen LogP contribution is -2.45. The van der Waals surface area contributed by atoms with E-state index in [-0.39, 0.29) is 5.97 Å². The Kier molecular flexibility index (Phi) is 5.14. The van der Waals surface area contributed by atoms with Crippen LogP contribution in [0.4, 0.5) is 17.5 Å². The fourth-order valence-corrected chi connectivity index (χ4v) is 2.78. The number of carbonyl (C=O) groups is 1. The number of hydrogen-bond acceptors (Lipinski definition) is 7. The Morgan fingerprint density at radius 3 is 2.60 bits per heavy atom. The maximum absolute atomic E-state index is 11.9. The summed E-state index contributed by atoms with van der Waals surface area (Å²) >= 11 is 0. The van der Waals surface area contributed by atoms with E-state index in [9.17, 15) is 4.79 Å². The fourth-order valence-electron chi connectivity index (χ4n) is 2.78. The van der Waals surface area contributed by atoms with Crippen LogP contribution in [0.25, 0.3) is 0 Å². The number of aryl methyl sites for hydroxylation is 1. The van der Waals surface area contributed by atoms with Crippen molar-refractivity contribution in [3.8, 4) is 0 Å². The van der Waals surface area contributed by atoms with Crippen LogP contribution < -0.4 is 10.2 Å². The van der Waals surface area contributed by atoms with Crippen LogP contribution in [-0.2, 0) is 4.74 Å². The number of rotatable bonds is 4. The summed E-state index contributed by atoms with van der Waals surface area (Å²) in [6.45, 7) is 5.73. The molecule has 0 unspecified atom stereocenters. The molecule has 0 bridgehead atoms. The zero-order valence-corrected chi connectivity index (χ0v) is 14.8. The van der Waals surface area contributed by atoms with Gasteiger partial charge in [-0.3, -0.25) is 0 Å². The van der Waals surface area contributed by atoms with Crippen LogP contribution in [-0.4, -0.2) is 61.2 Å². The average molecular weight is 341 g/mol. The van der Waals surface area contributed by atoms with Crippen molar-refractivity contribution >= 4 is 23.4 Å². The molecule has 1 fully saturated rings. The van der Waals surface area contributed by atoms with Gasteiger partial charge in [-0.15, -0.1) is 0 Å². The quantitative estimate of drug-likeness (QED) is 0.854. The molecule has 0 atom stereocenters. The van der Waals surface area contributed by atoms with E-state index in [0.717, 1.165) is 31.9 Å². The first-order valence-electron chi connectivity index (χ1n) is 8.30. The summed E-state index contributed by atoms with van der Waals surface area (Å²) in [7, 11) is 3.49. The molecule has 0 spiro atoms. The lowest BCUT2D eigenvalue weighted by Gasteiger charge is -2.32. The normalized spacial score (nSPS) is 15.1. The standard InChI is InChI=1S/C18H23N5O2/c1-13-12-16(20-15-7-5-4-6-14(15)17(24)25-3)21-18(19-13)23-10-8-22(2)9-11-23/h4-7,12H,8-11H2,1-3H3,(H,19,20,21). The highest BCUT2D eigenvalue weighted by atomic mass is 16.5. The zero-order chi connectivity index (χ0) is 17.8. The van der Waals surface area contributed by atoms with Gasteiger partial charge in [-0.2, -0.15) is 4.98 Å². The summed E-state index contributed by atoms with van der Waals surface area (Å²) in [5.41, 5.74) is 2.01. The smallest absolute Gasteiger partial charge is 0.339 e. The molecule has 1 N–H and O–H groups in total. The SMILES string of the molecule is COC(=O)c1ccccc1Nc1cc(C)nc(N2CCN(C)CC2)n1. The first-order valence-corrected chi connectivity index (χ1v) is 8.30. The summed E-state index contributed by atoms with van der Waals surface area (Å²) in [6, 6.07) is 9.10. The third-order valence-electron chi connectivity index (χ3n) is 4.22. The minimum Gasteiger partial charge on any atom is -0.465 e. The third kappa shape index (κ3) is 4.06. The molecular weight excluding hydrogens is 318 g/mol. The maximum atomic E-state index is 11.9. The largest absolute Gasteiger partial charge is 0.465 e. The molecule has 0 saturated carbocycles. The van der Waals surface area contributed by atoms with Gasteiger partial charge >= 0.3 is 5.97 Å². The van der Waals surface area contributed by atoms with Gasteiger partial charge in [0.2, 0.25) is 5.95 Å². The fraction of sp³-hybridized carbons (Fsp3) is 0.389. The maximum Gasteiger partial charge on any atom is 0.339 e. The van der Waals surface area contributed by atoms with Crippen LogP contribution in [0.1, 0.15) is 16.1 Å². The number of hydrogen-bond donors (Lipinski definition) is 1. The van der Waals surface area contributed by atoms with Crippen molar-refractivity contribution < 1.29 is 9.53 Å². The van der Waals surface area contributed by atoms with E-state index in [1.165, 1.54) is 7.11 Å². The lowest BCUT2D eigenvalue weighted by molar-refractivity contribution is 0.0602. The first-order chi connectivity index (χ1) is 12.1. The number of piperazine rings is 1. The Hall–Kier alpha value is -2.67. The van der Waals surface area contributed by atoms with Gasteiger partial charge in [0.1, 0.15) is 5.82 Å². The van der Waals surface area contributed by atoms with Crippen molar-refractivity contribution in [2.75, 3.05) is 50.6 Å². The third-order valence-corrected chi connectivity index (χ3v) is 4.22. The van der Waals surface area contributed by atoms with Crippen LogP contribution in [0.15, 0.2) is 30.3 Å². The second-order valence-electron chi connectivity index (χ2n) is 6.15. The molecule has 132 valence electrons. The Morgan fingerprint density at radius 2 is 1.88 bits per heavy atom. The molecule has 0 aliphatic carbocycles. The number of aromatic nitrogens is 2. The zero-order valence-electron chi connectivity index (χ0n) is 14.8. The van der Waals surface area contributed by atoms with Crippen molar-refractivity contribution in [2.45, 2.75) is 6.92 Å². The number of benzene rings is 1. The van der Waals surface area contributed by atoms with E-state index in [2.05, 4.69) is 32.1 Å². The number of carbonyl (C=O) groups excluding carboxylic acids is 1. The molecule has 1 aromatic carbocycles. The van der Waals surface area contributed by atoms with Crippen molar-refractivity contribution in [3.63, 3.8) is 0 Å². The molecule has 0 radical (unpaired) electrons. The molecule has 0 amide bonds. The molecule has 7 heteroatoms. The average Bonchev–Trinajstić information content (AvgIpc) is 2.61. The predicted molar refractivity (Wildman–Crippen MR) is 97.5 cm³/mol. The molecule has 7 nitrogen and oxygen atoms in total. The summed E-state index contributed by atoms with van der Waals surface area (Å²) in [5.74, 6) is 0.997. The molecule has 2 heterocycles.